The normalized spacial score (nSPS) is 11.8. The average molecular weight is 1900 g/mol. The fraction of sp³-hybridized carbons (Fsp3) is 0. The van der Waals surface area contributed by atoms with Crippen molar-refractivity contribution in [3.63, 3.8) is 0 Å². The fourth-order valence-corrected chi connectivity index (χ4v) is 22.5. The Morgan fingerprint density at radius 1 is 0.121 bits per heavy atom. The van der Waals surface area contributed by atoms with Crippen LogP contribution in [0.2, 0.25) is 0 Å². The highest BCUT2D eigenvalue weighted by molar-refractivity contribution is 6.20. The second kappa shape index (κ2) is 35.4. The van der Waals surface area contributed by atoms with Gasteiger partial charge in [0.05, 0.1) is 112 Å². The molecule has 9 heterocycles. The molecule has 29 aromatic rings. The molecule has 0 saturated carbocycles. The number of fused-ring (bicyclic) bond motifs is 15. The Hall–Kier alpha value is -20.3. The lowest BCUT2D eigenvalue weighted by Gasteiger charge is -2.18. The molecular weight excluding hydrogens is 1820 g/mol. The number of hydrogen-bond acceptors (Lipinski definition) is 8. The summed E-state index contributed by atoms with van der Waals surface area (Å²) in [5.74, 6) is 2.24. The van der Waals surface area contributed by atoms with Gasteiger partial charge in [-0.25, -0.2) is 39.9 Å². The molecule has 0 atom stereocenters. The van der Waals surface area contributed by atoms with Gasteiger partial charge in [-0.15, -0.1) is 0 Å². The van der Waals surface area contributed by atoms with Crippen LogP contribution >= 0.6 is 0 Å². The predicted molar refractivity (Wildman–Crippen MR) is 611 cm³/mol. The van der Waals surface area contributed by atoms with Gasteiger partial charge < -0.3 is 22.8 Å². The summed E-state index contributed by atoms with van der Waals surface area (Å²) in [4.78, 5) is 44.4. The van der Waals surface area contributed by atoms with E-state index in [9.17, 15) is 0 Å². The molecule has 29 rings (SSSR count). The van der Waals surface area contributed by atoms with Gasteiger partial charge in [-0.2, -0.15) is 0 Å². The third-order valence-electron chi connectivity index (χ3n) is 29.4. The SMILES string of the molecule is c1ccc(-c2cc(-c3ccccc3)nc(-c3ccc(-n4c5ccccc5c5cc(-n6c7ccccc7c7cc(-c8cccc9c8c8ccccc8n9-c8ccc9c%10ccc(-n%11c%12ccccc%12c%12ccccc%12%11)cc%10n(-c%10ccc(-c%11nc(-c%12ccccc%12)cc(-c%12ccccc%12)n%11)cc%10-c%10nc(-c%11ccccc%11)cc(-c%11ccccc%11)n%10)c9c8)ccc76)ccc54)c(-c4nc(-c5ccccc5)cc(-c5ccccc5)n4)c3)n2)cc1. The van der Waals surface area contributed by atoms with E-state index in [1.165, 1.54) is 10.8 Å². The van der Waals surface area contributed by atoms with Gasteiger partial charge in [0.1, 0.15) is 0 Å². The second-order valence-electron chi connectivity index (χ2n) is 38.0. The minimum Gasteiger partial charge on any atom is -0.309 e. The van der Waals surface area contributed by atoms with E-state index in [0.717, 1.165) is 250 Å². The van der Waals surface area contributed by atoms with Crippen molar-refractivity contribution in [3.05, 3.63) is 516 Å². The Labute approximate surface area is 856 Å². The molecular formula is C136H85N13. The maximum Gasteiger partial charge on any atom is 0.162 e. The van der Waals surface area contributed by atoms with Crippen molar-refractivity contribution in [2.75, 3.05) is 0 Å². The summed E-state index contributed by atoms with van der Waals surface area (Å²) < 4.78 is 12.2. The number of para-hydroxylation sites is 5. The molecule has 149 heavy (non-hydrogen) atoms. The van der Waals surface area contributed by atoms with Crippen LogP contribution in [0.4, 0.5) is 0 Å². The highest BCUT2D eigenvalue weighted by atomic mass is 15.1. The number of hydrogen-bond donors (Lipinski definition) is 0. The van der Waals surface area contributed by atoms with Crippen LogP contribution in [0.3, 0.4) is 0 Å². The zero-order valence-electron chi connectivity index (χ0n) is 80.4. The second-order valence-corrected chi connectivity index (χ2v) is 38.0. The summed E-state index contributed by atoms with van der Waals surface area (Å²) in [6.07, 6.45) is 0. The summed E-state index contributed by atoms with van der Waals surface area (Å²) in [7, 11) is 0. The van der Waals surface area contributed by atoms with Crippen LogP contribution in [-0.4, -0.2) is 62.7 Å². The highest BCUT2D eigenvalue weighted by Crippen LogP contribution is 2.49. The number of benzene rings is 20. The lowest BCUT2D eigenvalue weighted by atomic mass is 9.98. The van der Waals surface area contributed by atoms with Crippen LogP contribution in [-0.2, 0) is 0 Å². The van der Waals surface area contributed by atoms with E-state index >= 15 is 0 Å². The van der Waals surface area contributed by atoms with Crippen molar-refractivity contribution in [3.8, 4) is 175 Å². The van der Waals surface area contributed by atoms with Crippen LogP contribution in [0.15, 0.2) is 516 Å². The van der Waals surface area contributed by atoms with Crippen LogP contribution in [0.5, 0.6) is 0 Å². The maximum atomic E-state index is 5.72. The summed E-state index contributed by atoms with van der Waals surface area (Å²) in [6.45, 7) is 0. The molecule has 694 valence electrons. The largest absolute Gasteiger partial charge is 0.309 e. The molecule has 0 unspecified atom stereocenters. The molecule has 0 saturated heterocycles. The Morgan fingerprint density at radius 3 is 0.738 bits per heavy atom. The van der Waals surface area contributed by atoms with Crippen molar-refractivity contribution in [1.29, 1.82) is 0 Å². The van der Waals surface area contributed by atoms with Gasteiger partial charge in [0.2, 0.25) is 0 Å². The molecule has 0 spiro atoms. The van der Waals surface area contributed by atoms with Crippen molar-refractivity contribution >= 4 is 109 Å². The maximum absolute atomic E-state index is 5.72. The van der Waals surface area contributed by atoms with Gasteiger partial charge in [-0.3, -0.25) is 0 Å². The van der Waals surface area contributed by atoms with Gasteiger partial charge >= 0.3 is 0 Å². The average Bonchev–Trinajstić information content (AvgIpc) is 1.48. The summed E-state index contributed by atoms with van der Waals surface area (Å²) in [5.41, 5.74) is 35.1. The van der Waals surface area contributed by atoms with Gasteiger partial charge in [0.15, 0.2) is 23.3 Å². The molecule has 13 nitrogen and oxygen atoms in total. The first-order valence-electron chi connectivity index (χ1n) is 50.3. The molecule has 0 aliphatic rings. The fourth-order valence-electron chi connectivity index (χ4n) is 22.5. The molecule has 0 aliphatic carbocycles. The predicted octanol–water partition coefficient (Wildman–Crippen LogP) is 34.0. The van der Waals surface area contributed by atoms with Gasteiger partial charge in [0.25, 0.3) is 0 Å². The van der Waals surface area contributed by atoms with Crippen molar-refractivity contribution in [1.82, 2.24) is 62.7 Å². The van der Waals surface area contributed by atoms with E-state index < -0.39 is 0 Å². The van der Waals surface area contributed by atoms with Gasteiger partial charge in [-0.05, 0) is 163 Å². The van der Waals surface area contributed by atoms with Crippen molar-refractivity contribution in [2.24, 2.45) is 0 Å². The van der Waals surface area contributed by atoms with E-state index in [0.29, 0.717) is 23.3 Å². The van der Waals surface area contributed by atoms with Gasteiger partial charge in [0, 0.05) is 138 Å². The molecule has 0 radical (unpaired) electrons. The van der Waals surface area contributed by atoms with E-state index in [-0.39, 0.29) is 0 Å². The number of rotatable bonds is 18. The Bertz CT molecular complexity index is 10100. The molecule has 0 fully saturated rings. The Kier molecular flexibility index (Phi) is 20.3. The zero-order chi connectivity index (χ0) is 98.1. The van der Waals surface area contributed by atoms with Crippen molar-refractivity contribution in [2.45, 2.75) is 0 Å². The Balaban J connectivity index is 0.604. The molecule has 0 N–H and O–H groups in total. The zero-order valence-corrected chi connectivity index (χ0v) is 80.4. The lowest BCUT2D eigenvalue weighted by molar-refractivity contribution is 1.12. The number of aromatic nitrogens is 13. The minimum atomic E-state index is 0.538. The van der Waals surface area contributed by atoms with Crippen LogP contribution < -0.4 is 0 Å². The molecule has 0 bridgehead atoms. The van der Waals surface area contributed by atoms with E-state index in [1.54, 1.807) is 0 Å². The van der Waals surface area contributed by atoms with Crippen molar-refractivity contribution < 1.29 is 0 Å². The van der Waals surface area contributed by atoms with Crippen LogP contribution in [0.1, 0.15) is 0 Å². The topological polar surface area (TPSA) is 128 Å². The number of nitrogens with zero attached hydrogens (tertiary/aromatic N) is 13. The van der Waals surface area contributed by atoms with Crippen LogP contribution in [0, 0.1) is 0 Å². The summed E-state index contributed by atoms with van der Waals surface area (Å²) in [5, 5.41) is 11.3. The monoisotopic (exact) mass is 1900 g/mol. The lowest BCUT2D eigenvalue weighted by Crippen LogP contribution is -2.04. The smallest absolute Gasteiger partial charge is 0.162 e. The first-order chi connectivity index (χ1) is 73.9. The van der Waals surface area contributed by atoms with E-state index in [4.69, 9.17) is 39.9 Å². The minimum absolute atomic E-state index is 0.538. The molecule has 9 aromatic heterocycles. The Morgan fingerprint density at radius 2 is 0.369 bits per heavy atom. The standard InChI is InChI=1S/C136H85N13/c1-9-36-86(37-10-1)112-82-113(87-38-11-2-12-39-87)138-133(137-112)95-65-73-127(110(77-95)135-141-116(90-44-17-5-18-45-90)84-117(142-135)91-46-19-6-20-47-91)148-123-61-33-28-55-104(123)109-79-97(69-75-126(109)148)145-122-60-32-27-54-103(122)108-76-94(64-72-125(108)145)100-57-35-63-129-132(100)107-56-29-34-62-124(107)147(129)99-68-71-106-105-70-67-98(146-120-58-30-25-52-101(120)102-53-26-31-59-121(102)146)80-130(105)149(131(106)81-99)128-74-66-96(134-139-114(88-40-13-3-14-41-88)83-115(140-134)89-42-15-4-16-43-89)78-111(128)136-143-118(92-48-21-7-22-49-92)85-119(144-136)93-50-23-8-24-51-93/h1-85H. The first kappa shape index (κ1) is 85.5. The quantitative estimate of drug-likeness (QED) is 0.0831. The van der Waals surface area contributed by atoms with Gasteiger partial charge in [-0.1, -0.05) is 364 Å². The highest BCUT2D eigenvalue weighted by Gasteiger charge is 2.29. The van der Waals surface area contributed by atoms with E-state index in [1.807, 2.05) is 36.4 Å². The molecule has 0 aliphatic heterocycles. The summed E-state index contributed by atoms with van der Waals surface area (Å²) >= 11 is 0. The summed E-state index contributed by atoms with van der Waals surface area (Å²) in [6, 6.07) is 184. The third-order valence-corrected chi connectivity index (χ3v) is 29.4. The first-order valence-corrected chi connectivity index (χ1v) is 50.3. The molecule has 13 heteroatoms. The molecule has 20 aromatic carbocycles. The van der Waals surface area contributed by atoms with E-state index in [2.05, 4.69) is 502 Å². The molecule has 0 amide bonds. The van der Waals surface area contributed by atoms with Crippen LogP contribution in [0.25, 0.3) is 284 Å². The third kappa shape index (κ3) is 14.7.